The van der Waals surface area contributed by atoms with Gasteiger partial charge in [-0.25, -0.2) is 9.59 Å². The first-order valence-electron chi connectivity index (χ1n) is 13.7. The highest BCUT2D eigenvalue weighted by Gasteiger charge is 2.31. The summed E-state index contributed by atoms with van der Waals surface area (Å²) in [5, 5.41) is 0. The van der Waals surface area contributed by atoms with Gasteiger partial charge in [-0.2, -0.15) is 0 Å². The summed E-state index contributed by atoms with van der Waals surface area (Å²) < 4.78 is 10.4. The number of hydrogen-bond donors (Lipinski definition) is 0. The summed E-state index contributed by atoms with van der Waals surface area (Å²) in [7, 11) is 0. The van der Waals surface area contributed by atoms with Crippen molar-refractivity contribution in [1.29, 1.82) is 0 Å². The highest BCUT2D eigenvalue weighted by molar-refractivity contribution is 6.32. The number of amides is 1. The lowest BCUT2D eigenvalue weighted by Gasteiger charge is -2.34. The van der Waals surface area contributed by atoms with Gasteiger partial charge in [0.05, 0.1) is 6.61 Å². The Kier molecular flexibility index (Phi) is 10.7. The average Bonchev–Trinajstić information content (AvgIpc) is 2.90. The molecule has 38 heavy (non-hydrogen) atoms. The van der Waals surface area contributed by atoms with Crippen LogP contribution in [-0.4, -0.2) is 41.5 Å². The van der Waals surface area contributed by atoms with E-state index < -0.39 is 17.5 Å². The van der Waals surface area contributed by atoms with Gasteiger partial charge in [-0.1, -0.05) is 73.9 Å². The van der Waals surface area contributed by atoms with E-state index in [1.54, 1.807) is 17.9 Å². The Morgan fingerprint density at radius 3 is 2.24 bits per heavy atom. The molecule has 1 unspecified atom stereocenters. The lowest BCUT2D eigenvalue weighted by molar-refractivity contribution is -0.160. The normalized spacial score (nSPS) is 15.2. The molecule has 1 aliphatic rings. The molecule has 0 radical (unpaired) electrons. The van der Waals surface area contributed by atoms with Crippen LogP contribution in [0.4, 0.5) is 0 Å². The van der Waals surface area contributed by atoms with Crippen molar-refractivity contribution in [2.24, 2.45) is 5.92 Å². The van der Waals surface area contributed by atoms with Gasteiger partial charge in [0, 0.05) is 25.1 Å². The maximum absolute atomic E-state index is 13.2. The molecule has 6 nitrogen and oxygen atoms in total. The van der Waals surface area contributed by atoms with Crippen molar-refractivity contribution in [3.8, 4) is 0 Å². The summed E-state index contributed by atoms with van der Waals surface area (Å²) >= 11 is 0. The maximum atomic E-state index is 13.2. The Morgan fingerprint density at radius 1 is 0.974 bits per heavy atom. The third-order valence-corrected chi connectivity index (χ3v) is 6.77. The Morgan fingerprint density at radius 2 is 1.63 bits per heavy atom. The molecule has 0 saturated heterocycles. The number of nitrogens with zero attached hydrogens (tertiary/aromatic N) is 1. The third kappa shape index (κ3) is 9.16. The summed E-state index contributed by atoms with van der Waals surface area (Å²) in [5.74, 6) is -1.29. The SMILES string of the molecule is CCOC(=O)C(=O)N(Cc1ccccc1)CC(c1ccc(/C=C/C(=O)OC(C)(C)C)cc1)C1CCCCC1. The predicted octanol–water partition coefficient (Wildman–Crippen LogP) is 6.30. The second-order valence-electron chi connectivity index (χ2n) is 10.9. The molecule has 1 saturated carbocycles. The molecule has 0 aromatic heterocycles. The van der Waals surface area contributed by atoms with Crippen molar-refractivity contribution in [2.75, 3.05) is 13.2 Å². The molecule has 6 heteroatoms. The molecule has 204 valence electrons. The minimum absolute atomic E-state index is 0.0845. The first-order chi connectivity index (χ1) is 18.2. The van der Waals surface area contributed by atoms with Crippen LogP contribution in [0, 0.1) is 5.92 Å². The van der Waals surface area contributed by atoms with Crippen LogP contribution in [0.5, 0.6) is 0 Å². The van der Waals surface area contributed by atoms with Gasteiger partial charge in [0.2, 0.25) is 0 Å². The van der Waals surface area contributed by atoms with Gasteiger partial charge in [-0.3, -0.25) is 4.79 Å². The van der Waals surface area contributed by atoms with Crippen molar-refractivity contribution >= 4 is 23.9 Å². The van der Waals surface area contributed by atoms with Crippen molar-refractivity contribution in [1.82, 2.24) is 4.90 Å². The van der Waals surface area contributed by atoms with Gasteiger partial charge in [-0.05, 0) is 69.2 Å². The van der Waals surface area contributed by atoms with E-state index in [1.165, 1.54) is 25.3 Å². The molecule has 1 amide bonds. The molecule has 1 atom stereocenters. The summed E-state index contributed by atoms with van der Waals surface area (Å²) in [5.41, 5.74) is 2.45. The van der Waals surface area contributed by atoms with Crippen LogP contribution in [-0.2, 0) is 30.4 Å². The lowest BCUT2D eigenvalue weighted by Crippen LogP contribution is -2.41. The van der Waals surface area contributed by atoms with Gasteiger partial charge in [0.15, 0.2) is 0 Å². The minimum atomic E-state index is -0.812. The Hall–Kier alpha value is -3.41. The van der Waals surface area contributed by atoms with Crippen molar-refractivity contribution < 1.29 is 23.9 Å². The molecule has 1 fully saturated rings. The average molecular weight is 520 g/mol. The van der Waals surface area contributed by atoms with E-state index in [2.05, 4.69) is 12.1 Å². The molecular formula is C32H41NO5. The summed E-state index contributed by atoms with van der Waals surface area (Å²) in [4.78, 5) is 39.4. The molecule has 0 aliphatic heterocycles. The fraction of sp³-hybridized carbons (Fsp3) is 0.469. The summed E-state index contributed by atoms with van der Waals surface area (Å²) in [6.45, 7) is 8.17. The molecule has 3 rings (SSSR count). The molecule has 0 heterocycles. The van der Waals surface area contributed by atoms with Crippen molar-refractivity contribution in [3.63, 3.8) is 0 Å². The van der Waals surface area contributed by atoms with Crippen molar-refractivity contribution in [3.05, 3.63) is 77.4 Å². The standard InChI is InChI=1S/C32H41NO5/c1-5-37-31(36)30(35)33(22-25-12-8-6-9-13-25)23-28(26-14-10-7-11-15-26)27-19-16-24(17-20-27)18-21-29(34)38-32(2,3)4/h6,8-9,12-13,16-21,26,28H,5,7,10-11,14-15,22-23H2,1-4H3/b21-18+. The first-order valence-corrected chi connectivity index (χ1v) is 13.7. The number of hydrogen-bond acceptors (Lipinski definition) is 5. The zero-order chi connectivity index (χ0) is 27.5. The van der Waals surface area contributed by atoms with Gasteiger partial charge in [0.1, 0.15) is 5.60 Å². The highest BCUT2D eigenvalue weighted by atomic mass is 16.6. The van der Waals surface area contributed by atoms with Crippen molar-refractivity contribution in [2.45, 2.75) is 77.9 Å². The van der Waals surface area contributed by atoms with Crippen LogP contribution in [0.1, 0.15) is 82.4 Å². The number of carbonyl (C=O) groups excluding carboxylic acids is 3. The number of ether oxygens (including phenoxy) is 2. The Labute approximate surface area is 227 Å². The second kappa shape index (κ2) is 13.9. The summed E-state index contributed by atoms with van der Waals surface area (Å²) in [6.07, 6.45) is 8.95. The Balaban J connectivity index is 1.85. The molecule has 0 spiro atoms. The minimum Gasteiger partial charge on any atom is -0.459 e. The van der Waals surface area contributed by atoms with Gasteiger partial charge in [0.25, 0.3) is 0 Å². The van der Waals surface area contributed by atoms with Crippen LogP contribution in [0.2, 0.25) is 0 Å². The summed E-state index contributed by atoms with van der Waals surface area (Å²) in [6, 6.07) is 17.9. The fourth-order valence-corrected chi connectivity index (χ4v) is 5.00. The topological polar surface area (TPSA) is 72.9 Å². The number of carbonyl (C=O) groups is 3. The predicted molar refractivity (Wildman–Crippen MR) is 149 cm³/mol. The molecule has 2 aromatic rings. The quantitative estimate of drug-likeness (QED) is 0.221. The van der Waals surface area contributed by atoms with Gasteiger partial charge in [-0.15, -0.1) is 0 Å². The third-order valence-electron chi connectivity index (χ3n) is 6.77. The zero-order valence-electron chi connectivity index (χ0n) is 23.2. The molecular weight excluding hydrogens is 478 g/mol. The van der Waals surface area contributed by atoms with E-state index in [4.69, 9.17) is 9.47 Å². The van der Waals surface area contributed by atoms with Gasteiger partial charge >= 0.3 is 17.8 Å². The smallest absolute Gasteiger partial charge is 0.397 e. The lowest BCUT2D eigenvalue weighted by atomic mass is 9.76. The van der Waals surface area contributed by atoms with Crippen LogP contribution < -0.4 is 0 Å². The number of esters is 2. The number of rotatable bonds is 9. The number of benzene rings is 2. The van der Waals surface area contributed by atoms with E-state index in [0.717, 1.165) is 29.5 Å². The van der Waals surface area contributed by atoms with Crippen LogP contribution in [0.25, 0.3) is 6.08 Å². The molecule has 0 N–H and O–H groups in total. The van der Waals surface area contributed by atoms with Crippen LogP contribution >= 0.6 is 0 Å². The molecule has 0 bridgehead atoms. The van der Waals surface area contributed by atoms with Crippen LogP contribution in [0.3, 0.4) is 0 Å². The van der Waals surface area contributed by atoms with E-state index in [9.17, 15) is 14.4 Å². The molecule has 2 aromatic carbocycles. The van der Waals surface area contributed by atoms with E-state index in [1.807, 2.05) is 63.2 Å². The largest absolute Gasteiger partial charge is 0.459 e. The first kappa shape index (κ1) is 29.2. The van der Waals surface area contributed by atoms with E-state index >= 15 is 0 Å². The fourth-order valence-electron chi connectivity index (χ4n) is 5.00. The van der Waals surface area contributed by atoms with Crippen LogP contribution in [0.15, 0.2) is 60.7 Å². The van der Waals surface area contributed by atoms with Gasteiger partial charge < -0.3 is 14.4 Å². The monoisotopic (exact) mass is 519 g/mol. The van der Waals surface area contributed by atoms with E-state index in [0.29, 0.717) is 19.0 Å². The zero-order valence-corrected chi connectivity index (χ0v) is 23.2. The highest BCUT2D eigenvalue weighted by Crippen LogP contribution is 2.37. The molecule has 1 aliphatic carbocycles. The Bertz CT molecular complexity index is 1080. The second-order valence-corrected chi connectivity index (χ2v) is 10.9. The van der Waals surface area contributed by atoms with E-state index in [-0.39, 0.29) is 18.5 Å². The maximum Gasteiger partial charge on any atom is 0.397 e.